The van der Waals surface area contributed by atoms with Gasteiger partial charge in [-0.15, -0.1) is 0 Å². The minimum Gasteiger partial charge on any atom is -0.444 e. The number of amides is 2. The van der Waals surface area contributed by atoms with Crippen LogP contribution in [0.15, 0.2) is 0 Å². The summed E-state index contributed by atoms with van der Waals surface area (Å²) in [5.74, 6) is -0.937. The molecule has 2 aliphatic heterocycles. The monoisotopic (exact) mass is 685 g/mol. The van der Waals surface area contributed by atoms with Crippen LogP contribution in [0.25, 0.3) is 0 Å². The first-order chi connectivity index (χ1) is 21.9. The topological polar surface area (TPSA) is 344 Å². The zero-order valence-corrected chi connectivity index (χ0v) is 26.4. The molecule has 47 heavy (non-hydrogen) atoms. The smallest absolute Gasteiger partial charge is 0.407 e. The Labute approximate surface area is 271 Å². The van der Waals surface area contributed by atoms with Crippen molar-refractivity contribution in [1.82, 2.24) is 10.6 Å². The van der Waals surface area contributed by atoms with E-state index >= 15 is 0 Å². The minimum atomic E-state index is -1.79. The van der Waals surface area contributed by atoms with Gasteiger partial charge in [0.15, 0.2) is 12.6 Å². The molecule has 16 atom stereocenters. The fourth-order valence-corrected chi connectivity index (χ4v) is 5.53. The summed E-state index contributed by atoms with van der Waals surface area (Å²) < 4.78 is 27.8. The van der Waals surface area contributed by atoms with E-state index in [9.17, 15) is 50.4 Å². The first kappa shape index (κ1) is 39.6. The molecule has 2 saturated heterocycles. The van der Waals surface area contributed by atoms with Crippen LogP contribution in [-0.2, 0) is 28.5 Å². The molecular weight excluding hydrogens is 634 g/mol. The lowest BCUT2D eigenvalue weighted by Gasteiger charge is -2.49. The van der Waals surface area contributed by atoms with E-state index in [-0.39, 0.29) is 25.9 Å². The maximum atomic E-state index is 13.0. The standard InChI is InChI=1S/C27H51N5O15/c1-27(2,3)47-26(42)31-5-4-11(34)23(41)32-10-6-9(29)21(45-25-19(39)18(38)16(36)12(7-28)43-25)20(40)22(10)46-24-17(37)14(30)15(35)13(8-33)44-24/h9-22,24-25,33-40H,4-8,28-30H2,1-3H3,(H,31,42)(H,32,41)/t9?,10-,11+,12?,13?,14+,15-,16-,17?,18+,19?,20+,21-,22?,24-,25-/m1/s1. The van der Waals surface area contributed by atoms with Gasteiger partial charge in [0.2, 0.25) is 5.91 Å². The number of rotatable bonds is 11. The Morgan fingerprint density at radius 1 is 0.872 bits per heavy atom. The molecule has 0 bridgehead atoms. The first-order valence-electron chi connectivity index (χ1n) is 15.4. The van der Waals surface area contributed by atoms with E-state index < -0.39 is 122 Å². The molecule has 20 nitrogen and oxygen atoms in total. The van der Waals surface area contributed by atoms with Crippen molar-refractivity contribution in [3.8, 4) is 0 Å². The largest absolute Gasteiger partial charge is 0.444 e. The number of carbonyl (C=O) groups excluding carboxylic acids is 2. The summed E-state index contributed by atoms with van der Waals surface area (Å²) in [5, 5.41) is 88.4. The van der Waals surface area contributed by atoms with Crippen molar-refractivity contribution in [1.29, 1.82) is 0 Å². The fourth-order valence-electron chi connectivity index (χ4n) is 5.53. The van der Waals surface area contributed by atoms with Crippen molar-refractivity contribution in [2.75, 3.05) is 19.7 Å². The molecule has 2 heterocycles. The number of alkyl carbamates (subject to hydrolysis) is 1. The number of aliphatic hydroxyl groups is 8. The van der Waals surface area contributed by atoms with E-state index in [1.165, 1.54) is 0 Å². The molecule has 1 aliphatic carbocycles. The molecule has 20 heteroatoms. The third kappa shape index (κ3) is 9.86. The van der Waals surface area contributed by atoms with Crippen LogP contribution >= 0.6 is 0 Å². The highest BCUT2D eigenvalue weighted by Crippen LogP contribution is 2.32. The van der Waals surface area contributed by atoms with Gasteiger partial charge in [0.25, 0.3) is 0 Å². The lowest BCUT2D eigenvalue weighted by molar-refractivity contribution is -0.332. The molecule has 2 amide bonds. The highest BCUT2D eigenvalue weighted by molar-refractivity contribution is 5.81. The van der Waals surface area contributed by atoms with Crippen molar-refractivity contribution in [3.63, 3.8) is 0 Å². The predicted molar refractivity (Wildman–Crippen MR) is 157 cm³/mol. The Kier molecular flexibility index (Phi) is 14.1. The molecule has 274 valence electrons. The van der Waals surface area contributed by atoms with Crippen molar-refractivity contribution in [2.45, 2.75) is 137 Å². The fraction of sp³-hybridized carbons (Fsp3) is 0.926. The average Bonchev–Trinajstić information content (AvgIpc) is 2.99. The van der Waals surface area contributed by atoms with Gasteiger partial charge >= 0.3 is 6.09 Å². The molecule has 6 unspecified atom stereocenters. The quantitative estimate of drug-likeness (QED) is 0.0960. The van der Waals surface area contributed by atoms with Crippen LogP contribution < -0.4 is 27.8 Å². The van der Waals surface area contributed by atoms with Gasteiger partial charge < -0.3 is 92.4 Å². The Morgan fingerprint density at radius 3 is 2.06 bits per heavy atom. The van der Waals surface area contributed by atoms with Crippen LogP contribution in [0.4, 0.5) is 4.79 Å². The van der Waals surface area contributed by atoms with E-state index in [0.29, 0.717) is 0 Å². The van der Waals surface area contributed by atoms with Gasteiger partial charge in [0.1, 0.15) is 72.7 Å². The number of aliphatic hydroxyl groups excluding tert-OH is 8. The molecule has 0 radical (unpaired) electrons. The van der Waals surface area contributed by atoms with Gasteiger partial charge in [-0.3, -0.25) is 4.79 Å². The van der Waals surface area contributed by atoms with Crippen LogP contribution in [-0.4, -0.2) is 176 Å². The van der Waals surface area contributed by atoms with Gasteiger partial charge in [-0.25, -0.2) is 4.79 Å². The number of ether oxygens (including phenoxy) is 5. The number of nitrogens with two attached hydrogens (primary N) is 3. The summed E-state index contributed by atoms with van der Waals surface area (Å²) in [6.07, 6.45) is -21.5. The van der Waals surface area contributed by atoms with Crippen molar-refractivity contribution < 1.29 is 74.1 Å². The molecule has 0 aromatic rings. The molecule has 1 saturated carbocycles. The molecule has 0 aromatic carbocycles. The number of hydrogen-bond donors (Lipinski definition) is 13. The Morgan fingerprint density at radius 2 is 1.47 bits per heavy atom. The van der Waals surface area contributed by atoms with Crippen LogP contribution in [0, 0.1) is 0 Å². The maximum Gasteiger partial charge on any atom is 0.407 e. The second-order valence-electron chi connectivity index (χ2n) is 13.0. The third-order valence-electron chi connectivity index (χ3n) is 8.15. The first-order valence-corrected chi connectivity index (χ1v) is 15.4. The van der Waals surface area contributed by atoms with E-state index in [1.807, 2.05) is 0 Å². The summed E-state index contributed by atoms with van der Waals surface area (Å²) in [4.78, 5) is 24.9. The summed E-state index contributed by atoms with van der Waals surface area (Å²) in [6, 6.07) is -3.64. The molecule has 3 rings (SSSR count). The van der Waals surface area contributed by atoms with E-state index in [2.05, 4.69) is 10.6 Å². The Bertz CT molecular complexity index is 1020. The SMILES string of the molecule is CC(C)(C)OC(=O)NCC[C@H](O)C(=O)N[C@@H]1CC(N)[C@@H](O[C@H]2OC(CN)[C@@H](O)[C@H](O)C2O)[C@H](O)C1O[C@H]1OC(CO)[C@@H](O)[C@H](N)C1O. The van der Waals surface area contributed by atoms with Crippen LogP contribution in [0.3, 0.4) is 0 Å². The minimum absolute atomic E-state index is 0.134. The van der Waals surface area contributed by atoms with Gasteiger partial charge in [-0.2, -0.15) is 0 Å². The zero-order chi connectivity index (χ0) is 35.4. The number of carbonyl (C=O) groups is 2. The molecule has 0 spiro atoms. The maximum absolute atomic E-state index is 13.0. The molecular formula is C27H51N5O15. The lowest BCUT2D eigenvalue weighted by atomic mass is 9.83. The highest BCUT2D eigenvalue weighted by Gasteiger charge is 2.52. The lowest BCUT2D eigenvalue weighted by Crippen LogP contribution is -2.69. The average molecular weight is 686 g/mol. The Hall–Kier alpha value is -1.86. The number of nitrogens with one attached hydrogen (secondary N) is 2. The molecule has 3 aliphatic rings. The van der Waals surface area contributed by atoms with Crippen molar-refractivity contribution >= 4 is 12.0 Å². The molecule has 0 aromatic heterocycles. The van der Waals surface area contributed by atoms with Crippen LogP contribution in [0.1, 0.15) is 33.6 Å². The van der Waals surface area contributed by atoms with Gasteiger partial charge in [-0.05, 0) is 33.6 Å². The second kappa shape index (κ2) is 16.7. The van der Waals surface area contributed by atoms with Crippen LogP contribution in [0.2, 0.25) is 0 Å². The normalized spacial score (nSPS) is 42.0. The van der Waals surface area contributed by atoms with E-state index in [0.717, 1.165) is 0 Å². The van der Waals surface area contributed by atoms with Crippen molar-refractivity contribution in [3.05, 3.63) is 0 Å². The van der Waals surface area contributed by atoms with Crippen LogP contribution in [0.5, 0.6) is 0 Å². The molecule has 3 fully saturated rings. The third-order valence-corrected chi connectivity index (χ3v) is 8.15. The van der Waals surface area contributed by atoms with Crippen molar-refractivity contribution in [2.24, 2.45) is 17.2 Å². The number of hydrogen-bond acceptors (Lipinski definition) is 18. The highest BCUT2D eigenvalue weighted by atomic mass is 16.7. The van der Waals surface area contributed by atoms with Gasteiger partial charge in [0, 0.05) is 19.1 Å². The molecule has 16 N–H and O–H groups in total. The second-order valence-corrected chi connectivity index (χ2v) is 13.0. The summed E-state index contributed by atoms with van der Waals surface area (Å²) in [5.41, 5.74) is 17.0. The van der Waals surface area contributed by atoms with E-state index in [1.54, 1.807) is 20.8 Å². The van der Waals surface area contributed by atoms with E-state index in [4.69, 9.17) is 40.9 Å². The van der Waals surface area contributed by atoms with Gasteiger partial charge in [-0.1, -0.05) is 0 Å². The summed E-state index contributed by atoms with van der Waals surface area (Å²) in [6.45, 7) is 3.90. The summed E-state index contributed by atoms with van der Waals surface area (Å²) in [7, 11) is 0. The Balaban J connectivity index is 1.78. The van der Waals surface area contributed by atoms with Gasteiger partial charge in [0.05, 0.1) is 18.7 Å². The predicted octanol–water partition coefficient (Wildman–Crippen LogP) is -6.86. The zero-order valence-electron chi connectivity index (χ0n) is 26.4. The summed E-state index contributed by atoms with van der Waals surface area (Å²) >= 11 is 0.